The van der Waals surface area contributed by atoms with Gasteiger partial charge >= 0.3 is 0 Å². The van der Waals surface area contributed by atoms with Gasteiger partial charge in [-0.15, -0.1) is 0 Å². The summed E-state index contributed by atoms with van der Waals surface area (Å²) in [5, 5.41) is 1.03. The van der Waals surface area contributed by atoms with Crippen LogP contribution in [0.15, 0.2) is 11.3 Å². The Kier molecular flexibility index (Phi) is 4.10. The lowest BCUT2D eigenvalue weighted by molar-refractivity contribution is -0.156. The van der Waals surface area contributed by atoms with E-state index in [0.29, 0.717) is 0 Å². The van der Waals surface area contributed by atoms with Gasteiger partial charge in [0.1, 0.15) is 0 Å². The molecule has 0 spiro atoms. The van der Waals surface area contributed by atoms with Gasteiger partial charge in [0.2, 0.25) is 0 Å². The van der Waals surface area contributed by atoms with Gasteiger partial charge in [0, 0.05) is 14.2 Å². The third kappa shape index (κ3) is 2.44. The molecule has 0 saturated carbocycles. The predicted octanol–water partition coefficient (Wildman–Crippen LogP) is 2.24. The fraction of sp³-hybridized carbons (Fsp3) is 0.750. The Labute approximate surface area is 98.8 Å². The largest absolute Gasteiger partial charge is 0.355 e. The maximum atomic E-state index is 12.3. The van der Waals surface area contributed by atoms with Crippen LogP contribution in [0.1, 0.15) is 6.92 Å². The van der Waals surface area contributed by atoms with Crippen LogP contribution in [0.5, 0.6) is 0 Å². The van der Waals surface area contributed by atoms with Crippen LogP contribution in [0.4, 0.5) is 0 Å². The highest BCUT2D eigenvalue weighted by Crippen LogP contribution is 2.35. The number of Topliss-reactive ketones (excluding diaryl/α,β-unsaturated/α-hetero) is 1. The molecule has 0 unspecified atom stereocenters. The van der Waals surface area contributed by atoms with Crippen LogP contribution < -0.4 is 0 Å². The molecule has 0 aromatic heterocycles. The number of methoxy groups -OCH3 is 2. The lowest BCUT2D eigenvalue weighted by Crippen LogP contribution is -2.36. The number of carbonyl (C=O) groups excluding carboxylic acids is 1. The minimum absolute atomic E-state index is 0.170. The van der Waals surface area contributed by atoms with Crippen molar-refractivity contribution < 1.29 is 14.3 Å². The van der Waals surface area contributed by atoms with E-state index in [4.69, 9.17) is 9.47 Å². The van der Waals surface area contributed by atoms with Crippen LogP contribution in [0.3, 0.4) is 0 Å². The summed E-state index contributed by atoms with van der Waals surface area (Å²) in [7, 11) is 1.63. The van der Waals surface area contributed by atoms with Crippen molar-refractivity contribution in [3.8, 4) is 0 Å². The van der Waals surface area contributed by atoms with Gasteiger partial charge in [-0.05, 0) is 11.1 Å². The molecule has 0 bridgehead atoms. The average Bonchev–Trinajstić information content (AvgIpc) is 2.46. The highest BCUT2D eigenvalue weighted by atomic mass is 28.3. The van der Waals surface area contributed by atoms with Gasteiger partial charge in [0.25, 0.3) is 0 Å². The predicted molar refractivity (Wildman–Crippen MR) is 66.9 cm³/mol. The molecule has 0 heterocycles. The van der Waals surface area contributed by atoms with Gasteiger partial charge in [-0.25, -0.2) is 0 Å². The minimum atomic E-state index is -1.54. The van der Waals surface area contributed by atoms with Crippen LogP contribution in [0.25, 0.3) is 0 Å². The first-order valence-electron chi connectivity index (χ1n) is 5.65. The van der Waals surface area contributed by atoms with E-state index in [1.807, 2.05) is 0 Å². The van der Waals surface area contributed by atoms with Crippen molar-refractivity contribution in [3.05, 3.63) is 11.3 Å². The van der Waals surface area contributed by atoms with E-state index in [0.717, 1.165) is 5.20 Å². The van der Waals surface area contributed by atoms with Gasteiger partial charge in [0.05, 0.1) is 14.0 Å². The molecule has 0 aromatic rings. The van der Waals surface area contributed by atoms with Crippen molar-refractivity contribution in [2.75, 3.05) is 14.2 Å². The van der Waals surface area contributed by atoms with Gasteiger partial charge in [-0.2, -0.15) is 0 Å². The Morgan fingerprint density at radius 2 is 1.75 bits per heavy atom. The Morgan fingerprint density at radius 1 is 1.25 bits per heavy atom. The van der Waals surface area contributed by atoms with Gasteiger partial charge < -0.3 is 9.47 Å². The number of ether oxygens (including phenoxy) is 2. The molecule has 0 aliphatic heterocycles. The number of hydrogen-bond acceptors (Lipinski definition) is 3. The van der Waals surface area contributed by atoms with Gasteiger partial charge in [0.15, 0.2) is 12.1 Å². The van der Waals surface area contributed by atoms with Crippen molar-refractivity contribution in [2.24, 2.45) is 11.8 Å². The van der Waals surface area contributed by atoms with Crippen LogP contribution >= 0.6 is 0 Å². The number of carbonyl (C=O) groups is 1. The first kappa shape index (κ1) is 13.6. The zero-order chi connectivity index (χ0) is 12.5. The van der Waals surface area contributed by atoms with E-state index in [9.17, 15) is 4.79 Å². The topological polar surface area (TPSA) is 35.5 Å². The summed E-state index contributed by atoms with van der Waals surface area (Å²) < 4.78 is 10.4. The summed E-state index contributed by atoms with van der Waals surface area (Å²) >= 11 is 0. The second-order valence-corrected chi connectivity index (χ2v) is 10.5. The lowest BCUT2D eigenvalue weighted by atomic mass is 9.96. The summed E-state index contributed by atoms with van der Waals surface area (Å²) in [5.74, 6) is 0.260. The molecule has 2 atom stereocenters. The number of allylic oxidation sites excluding steroid dienone is 2. The Balaban J connectivity index is 2.94. The third-order valence-corrected chi connectivity index (χ3v) is 5.16. The molecule has 0 fully saturated rings. The van der Waals surface area contributed by atoms with Crippen LogP contribution in [0, 0.1) is 11.8 Å². The smallest absolute Gasteiger partial charge is 0.167 e. The number of hydrogen-bond donors (Lipinski definition) is 0. The zero-order valence-electron chi connectivity index (χ0n) is 11.0. The summed E-state index contributed by atoms with van der Waals surface area (Å²) in [4.78, 5) is 12.3. The molecule has 1 aliphatic carbocycles. The average molecular weight is 242 g/mol. The molecule has 16 heavy (non-hydrogen) atoms. The van der Waals surface area contributed by atoms with E-state index in [1.165, 1.54) is 0 Å². The summed E-state index contributed by atoms with van der Waals surface area (Å²) in [5.41, 5.74) is 0. The Bertz CT molecular complexity index is 300. The number of ketones is 1. The normalized spacial score (nSPS) is 26.4. The third-order valence-electron chi connectivity index (χ3n) is 3.13. The quantitative estimate of drug-likeness (QED) is 0.560. The zero-order valence-corrected chi connectivity index (χ0v) is 12.0. The van der Waals surface area contributed by atoms with Gasteiger partial charge in [-0.3, -0.25) is 4.79 Å². The fourth-order valence-electron chi connectivity index (χ4n) is 2.25. The summed E-state index contributed by atoms with van der Waals surface area (Å²) in [6, 6.07) is 0. The molecule has 0 amide bonds. The van der Waals surface area contributed by atoms with E-state index < -0.39 is 14.4 Å². The monoisotopic (exact) mass is 242 g/mol. The van der Waals surface area contributed by atoms with E-state index >= 15 is 0 Å². The SMILES string of the molecule is COC(OC)[C@@H]1C(=O)C([Si](C)(C)C)=C[C@H]1C. The fourth-order valence-corrected chi connectivity index (χ4v) is 3.92. The van der Waals surface area contributed by atoms with Crippen molar-refractivity contribution in [2.45, 2.75) is 32.9 Å². The molecular formula is C12H22O3Si. The first-order chi connectivity index (χ1) is 7.32. The standard InChI is InChI=1S/C12H22O3Si/c1-8-7-9(16(4,5)6)11(13)10(8)12(14-2)15-3/h7-8,10,12H,1-6H3/t8-,10+/m1/s1. The second-order valence-electron chi connectivity index (χ2n) is 5.42. The Morgan fingerprint density at radius 3 is 2.06 bits per heavy atom. The van der Waals surface area contributed by atoms with Crippen LogP contribution in [-0.2, 0) is 14.3 Å². The maximum absolute atomic E-state index is 12.3. The van der Waals surface area contributed by atoms with Crippen LogP contribution in [-0.4, -0.2) is 34.4 Å². The molecular weight excluding hydrogens is 220 g/mol. The van der Waals surface area contributed by atoms with Crippen molar-refractivity contribution in [3.63, 3.8) is 0 Å². The van der Waals surface area contributed by atoms with E-state index in [-0.39, 0.29) is 17.6 Å². The van der Waals surface area contributed by atoms with Crippen molar-refractivity contribution in [1.82, 2.24) is 0 Å². The highest BCUT2D eigenvalue weighted by molar-refractivity contribution is 6.87. The molecule has 1 rings (SSSR count). The Hall–Kier alpha value is -0.453. The van der Waals surface area contributed by atoms with Crippen molar-refractivity contribution in [1.29, 1.82) is 0 Å². The summed E-state index contributed by atoms with van der Waals surface area (Å²) in [6.07, 6.45) is 1.69. The van der Waals surface area contributed by atoms with E-state index in [2.05, 4.69) is 32.6 Å². The molecule has 0 aromatic carbocycles. The van der Waals surface area contributed by atoms with Gasteiger partial charge in [-0.1, -0.05) is 32.6 Å². The first-order valence-corrected chi connectivity index (χ1v) is 9.15. The lowest BCUT2D eigenvalue weighted by Gasteiger charge is -2.24. The molecule has 3 nitrogen and oxygen atoms in total. The highest BCUT2D eigenvalue weighted by Gasteiger charge is 2.43. The maximum Gasteiger partial charge on any atom is 0.167 e. The number of rotatable bonds is 4. The molecule has 0 saturated heterocycles. The summed E-state index contributed by atoms with van der Waals surface area (Å²) in [6.45, 7) is 8.64. The molecule has 92 valence electrons. The molecule has 0 N–H and O–H groups in total. The minimum Gasteiger partial charge on any atom is -0.355 e. The molecule has 4 heteroatoms. The molecule has 1 aliphatic rings. The molecule has 0 radical (unpaired) electrons. The second kappa shape index (κ2) is 4.81. The van der Waals surface area contributed by atoms with Crippen molar-refractivity contribution >= 4 is 13.9 Å². The van der Waals surface area contributed by atoms with E-state index in [1.54, 1.807) is 14.2 Å². The van der Waals surface area contributed by atoms with Crippen LogP contribution in [0.2, 0.25) is 19.6 Å².